The zero-order valence-corrected chi connectivity index (χ0v) is 10.8. The second kappa shape index (κ2) is 4.61. The highest BCUT2D eigenvalue weighted by Crippen LogP contribution is 2.32. The molecular formula is C8H4BrClN2S2. The number of halogens is 2. The first-order valence-electron chi connectivity index (χ1n) is 3.67. The summed E-state index contributed by atoms with van der Waals surface area (Å²) in [5, 5.41) is 1.23. The van der Waals surface area contributed by atoms with Crippen molar-refractivity contribution in [3.63, 3.8) is 0 Å². The molecule has 14 heavy (non-hydrogen) atoms. The van der Waals surface area contributed by atoms with Gasteiger partial charge in [-0.25, -0.2) is 0 Å². The van der Waals surface area contributed by atoms with Crippen molar-refractivity contribution in [2.45, 2.75) is 9.92 Å². The maximum absolute atomic E-state index is 5.83. The Hall–Kier alpha value is -0.100. The summed E-state index contributed by atoms with van der Waals surface area (Å²) >= 11 is 11.9. The van der Waals surface area contributed by atoms with Crippen molar-refractivity contribution in [2.75, 3.05) is 0 Å². The molecule has 0 aliphatic carbocycles. The maximum atomic E-state index is 5.83. The molecule has 0 bridgehead atoms. The van der Waals surface area contributed by atoms with E-state index in [0.717, 1.165) is 26.1 Å². The van der Waals surface area contributed by atoms with Crippen molar-refractivity contribution < 1.29 is 0 Å². The van der Waals surface area contributed by atoms with E-state index in [1.165, 1.54) is 11.8 Å². The third-order valence-electron chi connectivity index (χ3n) is 1.43. The number of hydrogen-bond donors (Lipinski definition) is 0. The van der Waals surface area contributed by atoms with Crippen LogP contribution in [-0.2, 0) is 0 Å². The molecule has 0 spiro atoms. The van der Waals surface area contributed by atoms with Gasteiger partial charge in [0.25, 0.3) is 0 Å². The highest BCUT2D eigenvalue weighted by atomic mass is 79.9. The molecule has 6 heteroatoms. The van der Waals surface area contributed by atoms with E-state index in [1.54, 1.807) is 0 Å². The Labute approximate surface area is 103 Å². The molecule has 72 valence electrons. The fourth-order valence-electron chi connectivity index (χ4n) is 0.873. The molecule has 0 atom stereocenters. The van der Waals surface area contributed by atoms with Crippen molar-refractivity contribution in [1.29, 1.82) is 0 Å². The van der Waals surface area contributed by atoms with Crippen LogP contribution in [0.1, 0.15) is 0 Å². The van der Waals surface area contributed by atoms with Crippen LogP contribution in [0.5, 0.6) is 0 Å². The van der Waals surface area contributed by atoms with Gasteiger partial charge in [0, 0.05) is 9.37 Å². The minimum atomic E-state index is 0.472. The number of aromatic nitrogens is 2. The third-order valence-corrected chi connectivity index (χ3v) is 4.01. The van der Waals surface area contributed by atoms with Crippen LogP contribution in [-0.4, -0.2) is 8.75 Å². The van der Waals surface area contributed by atoms with E-state index < -0.39 is 0 Å². The lowest BCUT2D eigenvalue weighted by Crippen LogP contribution is -1.74. The van der Waals surface area contributed by atoms with Crippen molar-refractivity contribution in [3.8, 4) is 0 Å². The van der Waals surface area contributed by atoms with Crippen LogP contribution in [0.4, 0.5) is 0 Å². The Morgan fingerprint density at radius 1 is 1.36 bits per heavy atom. The van der Waals surface area contributed by atoms with Crippen molar-refractivity contribution in [3.05, 3.63) is 33.9 Å². The summed E-state index contributed by atoms with van der Waals surface area (Å²) in [5.74, 6) is 0. The van der Waals surface area contributed by atoms with E-state index in [9.17, 15) is 0 Å². The Balaban J connectivity index is 2.23. The molecule has 0 N–H and O–H groups in total. The summed E-state index contributed by atoms with van der Waals surface area (Å²) in [5.41, 5.74) is 0. The monoisotopic (exact) mass is 306 g/mol. The average molecular weight is 308 g/mol. The Bertz CT molecular complexity index is 446. The molecule has 1 aromatic carbocycles. The largest absolute Gasteiger partial charge is 0.177 e. The number of nitrogens with zero attached hydrogens (tertiary/aromatic N) is 2. The van der Waals surface area contributed by atoms with Gasteiger partial charge in [0.15, 0.2) is 10.2 Å². The fraction of sp³-hybridized carbons (Fsp3) is 0. The first kappa shape index (κ1) is 10.4. The van der Waals surface area contributed by atoms with Gasteiger partial charge in [0.2, 0.25) is 0 Å². The fourth-order valence-corrected chi connectivity index (χ4v) is 3.08. The lowest BCUT2D eigenvalue weighted by atomic mass is 10.4. The molecule has 1 heterocycles. The lowest BCUT2D eigenvalue weighted by Gasteiger charge is -1.97. The summed E-state index contributed by atoms with van der Waals surface area (Å²) in [6.07, 6.45) is 0. The van der Waals surface area contributed by atoms with Gasteiger partial charge in [-0.2, -0.15) is 8.75 Å². The van der Waals surface area contributed by atoms with Crippen molar-refractivity contribution >= 4 is 51.0 Å². The van der Waals surface area contributed by atoms with Gasteiger partial charge in [-0.3, -0.25) is 0 Å². The molecule has 0 amide bonds. The molecule has 2 nitrogen and oxygen atoms in total. The van der Waals surface area contributed by atoms with Gasteiger partial charge in [-0.15, -0.1) is 0 Å². The first-order chi connectivity index (χ1) is 6.75. The highest BCUT2D eigenvalue weighted by molar-refractivity contribution is 9.10. The molecule has 0 saturated carbocycles. The summed E-state index contributed by atoms with van der Waals surface area (Å²) in [4.78, 5) is 1.09. The third kappa shape index (κ3) is 2.48. The predicted molar refractivity (Wildman–Crippen MR) is 63.2 cm³/mol. The minimum absolute atomic E-state index is 0.472. The van der Waals surface area contributed by atoms with Gasteiger partial charge < -0.3 is 0 Å². The van der Waals surface area contributed by atoms with Crippen LogP contribution in [0.25, 0.3) is 0 Å². The Morgan fingerprint density at radius 2 is 2.21 bits per heavy atom. The molecule has 0 radical (unpaired) electrons. The van der Waals surface area contributed by atoms with Gasteiger partial charge >= 0.3 is 0 Å². The van der Waals surface area contributed by atoms with E-state index >= 15 is 0 Å². The van der Waals surface area contributed by atoms with E-state index in [0.29, 0.717) is 5.15 Å². The van der Waals surface area contributed by atoms with Crippen LogP contribution in [0, 0.1) is 0 Å². The first-order valence-corrected chi connectivity index (χ1v) is 6.39. The van der Waals surface area contributed by atoms with Crippen molar-refractivity contribution in [1.82, 2.24) is 8.75 Å². The van der Waals surface area contributed by atoms with Gasteiger partial charge in [0.1, 0.15) is 0 Å². The Kier molecular flexibility index (Phi) is 3.43. The molecular weight excluding hydrogens is 304 g/mol. The van der Waals surface area contributed by atoms with E-state index in [4.69, 9.17) is 11.6 Å². The molecule has 0 unspecified atom stereocenters. The number of rotatable bonds is 2. The quantitative estimate of drug-likeness (QED) is 0.835. The highest BCUT2D eigenvalue weighted by Gasteiger charge is 2.06. The van der Waals surface area contributed by atoms with Gasteiger partial charge in [0.05, 0.1) is 11.7 Å². The SMILES string of the molecule is Clc1nsnc1Sc1cccc(Br)c1. The zero-order chi connectivity index (χ0) is 9.97. The second-order valence-corrected chi connectivity index (χ2v) is 5.28. The van der Waals surface area contributed by atoms with Crippen LogP contribution < -0.4 is 0 Å². The number of benzene rings is 1. The molecule has 0 aliphatic rings. The molecule has 1 aromatic heterocycles. The zero-order valence-electron chi connectivity index (χ0n) is 6.78. The van der Waals surface area contributed by atoms with Crippen molar-refractivity contribution in [2.24, 2.45) is 0 Å². The average Bonchev–Trinajstić information content (AvgIpc) is 2.52. The minimum Gasteiger partial charge on any atom is -0.164 e. The summed E-state index contributed by atoms with van der Waals surface area (Å²) in [6.45, 7) is 0. The molecule has 0 fully saturated rings. The summed E-state index contributed by atoms with van der Waals surface area (Å²) in [6, 6.07) is 7.97. The Morgan fingerprint density at radius 3 is 2.86 bits per heavy atom. The summed E-state index contributed by atoms with van der Waals surface area (Å²) in [7, 11) is 0. The molecule has 0 aliphatic heterocycles. The predicted octanol–water partition coefficient (Wildman–Crippen LogP) is 4.11. The molecule has 0 saturated heterocycles. The normalized spacial score (nSPS) is 10.4. The maximum Gasteiger partial charge on any atom is 0.177 e. The van der Waals surface area contributed by atoms with Crippen LogP contribution in [0.2, 0.25) is 5.15 Å². The van der Waals surface area contributed by atoms with Gasteiger partial charge in [-0.1, -0.05) is 45.4 Å². The van der Waals surface area contributed by atoms with Crippen LogP contribution in [0.3, 0.4) is 0 Å². The van der Waals surface area contributed by atoms with E-state index in [2.05, 4.69) is 24.7 Å². The standard InChI is InChI=1S/C8H4BrClN2S2/c9-5-2-1-3-6(4-5)13-8-7(10)11-14-12-8/h1-4H. The van der Waals surface area contributed by atoms with Gasteiger partial charge in [-0.05, 0) is 18.2 Å². The van der Waals surface area contributed by atoms with E-state index in [1.807, 2.05) is 24.3 Å². The van der Waals surface area contributed by atoms with Crippen LogP contribution >= 0.6 is 51.0 Å². The van der Waals surface area contributed by atoms with Crippen LogP contribution in [0.15, 0.2) is 38.7 Å². The second-order valence-electron chi connectivity index (χ2n) is 2.42. The number of hydrogen-bond acceptors (Lipinski definition) is 4. The topological polar surface area (TPSA) is 25.8 Å². The smallest absolute Gasteiger partial charge is 0.164 e. The van der Waals surface area contributed by atoms with E-state index in [-0.39, 0.29) is 0 Å². The molecule has 2 aromatic rings. The molecule has 2 rings (SSSR count). The lowest BCUT2D eigenvalue weighted by molar-refractivity contribution is 1.25. The summed E-state index contributed by atoms with van der Waals surface area (Å²) < 4.78 is 9.03.